The first-order valence-corrected chi connectivity index (χ1v) is 8.46. The van der Waals surface area contributed by atoms with Crippen molar-refractivity contribution in [2.75, 3.05) is 12.4 Å². The molecule has 2 aromatic rings. The Balaban J connectivity index is 0.00000208. The number of amides is 1. The van der Waals surface area contributed by atoms with Crippen LogP contribution in [0.3, 0.4) is 0 Å². The molecule has 1 aromatic heterocycles. The second-order valence-electron chi connectivity index (χ2n) is 5.85. The molecule has 8 heteroatoms. The molecule has 0 spiro atoms. The quantitative estimate of drug-likeness (QED) is 0.846. The molecule has 1 aliphatic carbocycles. The molecular formula is C16H21ClN4O2S. The van der Waals surface area contributed by atoms with Crippen LogP contribution >= 0.6 is 23.7 Å². The zero-order chi connectivity index (χ0) is 16.3. The van der Waals surface area contributed by atoms with E-state index in [4.69, 9.17) is 10.5 Å². The van der Waals surface area contributed by atoms with Crippen molar-refractivity contribution in [3.05, 3.63) is 34.8 Å². The standard InChI is InChI=1S/C16H20N4O2S.ClH/c1-22-12-6-4-5-11(9-12)10-13-19-20-15(23-13)18-14(21)16(17)7-2-3-8-16;/h4-6,9H,2-3,7-8,10,17H2,1H3,(H,18,20,21);1H. The van der Waals surface area contributed by atoms with Crippen molar-refractivity contribution in [3.8, 4) is 5.75 Å². The Bertz CT molecular complexity index is 701. The summed E-state index contributed by atoms with van der Waals surface area (Å²) in [5, 5.41) is 12.3. The SMILES string of the molecule is COc1cccc(Cc2nnc(NC(=O)C3(N)CCCC3)s2)c1.Cl. The van der Waals surface area contributed by atoms with Crippen molar-refractivity contribution in [1.82, 2.24) is 10.2 Å². The van der Waals surface area contributed by atoms with Crippen molar-refractivity contribution < 1.29 is 9.53 Å². The number of hydrogen-bond acceptors (Lipinski definition) is 6. The van der Waals surface area contributed by atoms with Crippen molar-refractivity contribution in [2.24, 2.45) is 5.73 Å². The summed E-state index contributed by atoms with van der Waals surface area (Å²) >= 11 is 1.38. The van der Waals surface area contributed by atoms with Gasteiger partial charge in [-0.1, -0.05) is 36.3 Å². The van der Waals surface area contributed by atoms with Crippen molar-refractivity contribution in [1.29, 1.82) is 0 Å². The average molecular weight is 369 g/mol. The number of nitrogens with one attached hydrogen (secondary N) is 1. The normalized spacial score (nSPS) is 15.6. The van der Waals surface area contributed by atoms with E-state index in [9.17, 15) is 4.79 Å². The number of aromatic nitrogens is 2. The van der Waals surface area contributed by atoms with Gasteiger partial charge in [-0.3, -0.25) is 10.1 Å². The molecule has 1 amide bonds. The number of carbonyl (C=O) groups is 1. The number of nitrogens with zero attached hydrogens (tertiary/aromatic N) is 2. The van der Waals surface area contributed by atoms with Crippen LogP contribution in [0.4, 0.5) is 5.13 Å². The van der Waals surface area contributed by atoms with E-state index in [0.717, 1.165) is 42.0 Å². The largest absolute Gasteiger partial charge is 0.497 e. The Morgan fingerprint density at radius 1 is 1.38 bits per heavy atom. The Hall–Kier alpha value is -1.70. The second-order valence-corrected chi connectivity index (χ2v) is 6.91. The van der Waals surface area contributed by atoms with Crippen LogP contribution in [0.2, 0.25) is 0 Å². The lowest BCUT2D eigenvalue weighted by Gasteiger charge is -2.20. The minimum absolute atomic E-state index is 0. The number of carbonyl (C=O) groups excluding carboxylic acids is 1. The minimum atomic E-state index is -0.751. The van der Waals surface area contributed by atoms with Gasteiger partial charge in [-0.05, 0) is 30.5 Å². The van der Waals surface area contributed by atoms with Gasteiger partial charge in [-0.25, -0.2) is 0 Å². The molecule has 3 N–H and O–H groups in total. The number of ether oxygens (including phenoxy) is 1. The lowest BCUT2D eigenvalue weighted by atomic mass is 9.98. The molecule has 0 unspecified atom stereocenters. The van der Waals surface area contributed by atoms with Gasteiger partial charge in [0.25, 0.3) is 0 Å². The van der Waals surface area contributed by atoms with E-state index in [0.29, 0.717) is 11.6 Å². The van der Waals surface area contributed by atoms with Gasteiger partial charge >= 0.3 is 0 Å². The van der Waals surface area contributed by atoms with E-state index in [1.807, 2.05) is 24.3 Å². The fourth-order valence-electron chi connectivity index (χ4n) is 2.79. The van der Waals surface area contributed by atoms with E-state index < -0.39 is 5.54 Å². The van der Waals surface area contributed by atoms with Gasteiger partial charge in [-0.2, -0.15) is 0 Å². The highest BCUT2D eigenvalue weighted by atomic mass is 35.5. The molecule has 0 atom stereocenters. The molecule has 0 bridgehead atoms. The van der Waals surface area contributed by atoms with Crippen LogP contribution in [-0.2, 0) is 11.2 Å². The molecule has 24 heavy (non-hydrogen) atoms. The van der Waals surface area contributed by atoms with Gasteiger partial charge < -0.3 is 10.5 Å². The lowest BCUT2D eigenvalue weighted by Crippen LogP contribution is -2.48. The van der Waals surface area contributed by atoms with E-state index in [2.05, 4.69) is 15.5 Å². The van der Waals surface area contributed by atoms with Crippen LogP contribution in [0.25, 0.3) is 0 Å². The summed E-state index contributed by atoms with van der Waals surface area (Å²) in [4.78, 5) is 12.3. The number of anilines is 1. The molecule has 1 aliphatic rings. The molecule has 3 rings (SSSR count). The van der Waals surface area contributed by atoms with Gasteiger partial charge in [0, 0.05) is 6.42 Å². The van der Waals surface area contributed by atoms with Crippen molar-refractivity contribution >= 4 is 34.8 Å². The monoisotopic (exact) mass is 368 g/mol. The number of rotatable bonds is 5. The molecule has 0 aliphatic heterocycles. The maximum absolute atomic E-state index is 12.3. The first kappa shape index (κ1) is 18.6. The number of halogens is 1. The van der Waals surface area contributed by atoms with Crippen molar-refractivity contribution in [2.45, 2.75) is 37.6 Å². The Morgan fingerprint density at radius 3 is 2.83 bits per heavy atom. The molecule has 1 saturated carbocycles. The lowest BCUT2D eigenvalue weighted by molar-refractivity contribution is -0.121. The predicted octanol–water partition coefficient (Wildman–Crippen LogP) is 2.77. The number of benzene rings is 1. The molecule has 1 fully saturated rings. The van der Waals surface area contributed by atoms with Gasteiger partial charge in [0.15, 0.2) is 0 Å². The topological polar surface area (TPSA) is 90.1 Å². The molecule has 1 aromatic carbocycles. The maximum atomic E-state index is 12.3. The molecule has 0 radical (unpaired) electrons. The van der Waals surface area contributed by atoms with Crippen molar-refractivity contribution in [3.63, 3.8) is 0 Å². The van der Waals surface area contributed by atoms with Gasteiger partial charge in [0.2, 0.25) is 11.0 Å². The Kier molecular flexibility index (Phi) is 6.15. The van der Waals surface area contributed by atoms with Gasteiger partial charge in [0.1, 0.15) is 10.8 Å². The third-order valence-corrected chi connectivity index (χ3v) is 4.96. The summed E-state index contributed by atoms with van der Waals surface area (Å²) in [5.74, 6) is 0.658. The zero-order valence-electron chi connectivity index (χ0n) is 13.4. The zero-order valence-corrected chi connectivity index (χ0v) is 15.1. The summed E-state index contributed by atoms with van der Waals surface area (Å²) in [6.45, 7) is 0. The summed E-state index contributed by atoms with van der Waals surface area (Å²) in [6, 6.07) is 7.82. The molecule has 1 heterocycles. The minimum Gasteiger partial charge on any atom is -0.497 e. The fraction of sp³-hybridized carbons (Fsp3) is 0.438. The molecule has 130 valence electrons. The van der Waals surface area contributed by atoms with Crippen LogP contribution in [0.15, 0.2) is 24.3 Å². The van der Waals surface area contributed by atoms with E-state index >= 15 is 0 Å². The van der Waals surface area contributed by atoms with Crippen LogP contribution in [-0.4, -0.2) is 28.8 Å². The summed E-state index contributed by atoms with van der Waals surface area (Å²) in [5.41, 5.74) is 6.48. The molecule has 6 nitrogen and oxygen atoms in total. The number of hydrogen-bond donors (Lipinski definition) is 2. The summed E-state index contributed by atoms with van der Waals surface area (Å²) in [6.07, 6.45) is 4.11. The summed E-state index contributed by atoms with van der Waals surface area (Å²) in [7, 11) is 1.64. The van der Waals surface area contributed by atoms with E-state index in [-0.39, 0.29) is 18.3 Å². The van der Waals surface area contributed by atoms with Crippen LogP contribution in [0.5, 0.6) is 5.75 Å². The first-order chi connectivity index (χ1) is 11.1. The van der Waals surface area contributed by atoms with Crippen LogP contribution in [0, 0.1) is 0 Å². The molecular weight excluding hydrogens is 348 g/mol. The second kappa shape index (κ2) is 7.92. The molecule has 0 saturated heterocycles. The predicted molar refractivity (Wildman–Crippen MR) is 97.0 cm³/mol. The third-order valence-electron chi connectivity index (χ3n) is 4.12. The highest BCUT2D eigenvalue weighted by molar-refractivity contribution is 7.15. The van der Waals surface area contributed by atoms with E-state index in [1.54, 1.807) is 7.11 Å². The maximum Gasteiger partial charge on any atom is 0.246 e. The highest BCUT2D eigenvalue weighted by Gasteiger charge is 2.37. The highest BCUT2D eigenvalue weighted by Crippen LogP contribution is 2.29. The Labute approximate surface area is 151 Å². The average Bonchev–Trinajstić information content (AvgIpc) is 3.18. The number of methoxy groups -OCH3 is 1. The number of nitrogens with two attached hydrogens (primary N) is 1. The van der Waals surface area contributed by atoms with Gasteiger partial charge in [-0.15, -0.1) is 22.6 Å². The fourth-order valence-corrected chi connectivity index (χ4v) is 3.56. The van der Waals surface area contributed by atoms with Crippen LogP contribution in [0.1, 0.15) is 36.3 Å². The first-order valence-electron chi connectivity index (χ1n) is 7.65. The Morgan fingerprint density at radius 2 is 2.12 bits per heavy atom. The van der Waals surface area contributed by atoms with Crippen LogP contribution < -0.4 is 15.8 Å². The third kappa shape index (κ3) is 4.23. The van der Waals surface area contributed by atoms with Gasteiger partial charge in [0.05, 0.1) is 12.6 Å². The smallest absolute Gasteiger partial charge is 0.246 e. The summed E-state index contributed by atoms with van der Waals surface area (Å²) < 4.78 is 5.21. The van der Waals surface area contributed by atoms with E-state index in [1.165, 1.54) is 11.3 Å².